The van der Waals surface area contributed by atoms with E-state index in [4.69, 9.17) is 4.52 Å². The van der Waals surface area contributed by atoms with Crippen LogP contribution in [0.3, 0.4) is 0 Å². The Morgan fingerprint density at radius 2 is 2.19 bits per heavy atom. The zero-order chi connectivity index (χ0) is 15.0. The number of β-amino-alcohol motifs (C(OH)–C–C–N with tert-alkyl or cyclic N) is 1. The molecule has 1 aromatic heterocycles. The van der Waals surface area contributed by atoms with Crippen molar-refractivity contribution in [2.24, 2.45) is 0 Å². The summed E-state index contributed by atoms with van der Waals surface area (Å²) in [5, 5.41) is 13.6. The molecule has 2 aromatic rings. The van der Waals surface area contributed by atoms with Crippen molar-refractivity contribution in [2.45, 2.75) is 32.0 Å². The SMILES string of the molecule is Cc1oncc1CN1C[C@@H](O)C[C@@H]1c1ccc(F)c(F)c1. The molecule has 0 amide bonds. The Labute approximate surface area is 121 Å². The fourth-order valence-electron chi connectivity index (χ4n) is 2.81. The number of rotatable bonds is 3. The highest BCUT2D eigenvalue weighted by Crippen LogP contribution is 2.34. The summed E-state index contributed by atoms with van der Waals surface area (Å²) >= 11 is 0. The van der Waals surface area contributed by atoms with E-state index in [0.717, 1.165) is 17.4 Å². The van der Waals surface area contributed by atoms with Crippen molar-refractivity contribution < 1.29 is 18.4 Å². The molecule has 0 saturated carbocycles. The van der Waals surface area contributed by atoms with Gasteiger partial charge in [0.2, 0.25) is 0 Å². The van der Waals surface area contributed by atoms with E-state index in [1.807, 2.05) is 11.8 Å². The van der Waals surface area contributed by atoms with E-state index < -0.39 is 17.7 Å². The summed E-state index contributed by atoms with van der Waals surface area (Å²) in [6.07, 6.45) is 1.65. The van der Waals surface area contributed by atoms with Gasteiger partial charge in [0.05, 0.1) is 12.3 Å². The van der Waals surface area contributed by atoms with Gasteiger partial charge in [-0.15, -0.1) is 0 Å². The Morgan fingerprint density at radius 1 is 1.38 bits per heavy atom. The second kappa shape index (κ2) is 5.54. The summed E-state index contributed by atoms with van der Waals surface area (Å²) in [7, 11) is 0. The van der Waals surface area contributed by atoms with Crippen molar-refractivity contribution in [2.75, 3.05) is 6.54 Å². The van der Waals surface area contributed by atoms with E-state index in [1.54, 1.807) is 12.3 Å². The molecule has 1 aromatic carbocycles. The van der Waals surface area contributed by atoms with Crippen LogP contribution in [0.4, 0.5) is 8.78 Å². The van der Waals surface area contributed by atoms with Crippen LogP contribution >= 0.6 is 0 Å². The Balaban J connectivity index is 1.85. The molecule has 1 saturated heterocycles. The number of aryl methyl sites for hydroxylation is 1. The van der Waals surface area contributed by atoms with Crippen LogP contribution in [-0.2, 0) is 6.54 Å². The van der Waals surface area contributed by atoms with E-state index in [2.05, 4.69) is 5.16 Å². The minimum atomic E-state index is -0.866. The van der Waals surface area contributed by atoms with Gasteiger partial charge < -0.3 is 9.63 Å². The second-order valence-corrected chi connectivity index (χ2v) is 5.42. The molecular formula is C15H16F2N2O2. The molecule has 0 aliphatic carbocycles. The predicted octanol–water partition coefficient (Wildman–Crippen LogP) is 2.57. The Bertz CT molecular complexity index is 644. The number of halogens is 2. The first-order valence-corrected chi connectivity index (χ1v) is 6.82. The smallest absolute Gasteiger partial charge is 0.159 e. The van der Waals surface area contributed by atoms with Gasteiger partial charge in [-0.1, -0.05) is 11.2 Å². The van der Waals surface area contributed by atoms with Gasteiger partial charge in [-0.25, -0.2) is 8.78 Å². The molecule has 1 aliphatic rings. The first-order valence-electron chi connectivity index (χ1n) is 6.82. The summed E-state index contributed by atoms with van der Waals surface area (Å²) in [4.78, 5) is 2.02. The van der Waals surface area contributed by atoms with Crippen LogP contribution < -0.4 is 0 Å². The van der Waals surface area contributed by atoms with Crippen LogP contribution in [0.25, 0.3) is 0 Å². The van der Waals surface area contributed by atoms with E-state index in [-0.39, 0.29) is 6.04 Å². The van der Waals surface area contributed by atoms with Crippen LogP contribution in [0.1, 0.15) is 29.3 Å². The maximum atomic E-state index is 13.4. The number of aliphatic hydroxyl groups is 1. The largest absolute Gasteiger partial charge is 0.392 e. The van der Waals surface area contributed by atoms with Crippen molar-refractivity contribution in [1.29, 1.82) is 0 Å². The molecule has 1 fully saturated rings. The molecule has 2 heterocycles. The van der Waals surface area contributed by atoms with Crippen molar-refractivity contribution in [3.8, 4) is 0 Å². The summed E-state index contributed by atoms with van der Waals surface area (Å²) in [6, 6.07) is 3.74. The third-order valence-corrected chi connectivity index (χ3v) is 3.93. The molecule has 2 atom stereocenters. The zero-order valence-corrected chi connectivity index (χ0v) is 11.6. The molecule has 21 heavy (non-hydrogen) atoms. The van der Waals surface area contributed by atoms with Gasteiger partial charge in [-0.2, -0.15) is 0 Å². The number of hydrogen-bond donors (Lipinski definition) is 1. The van der Waals surface area contributed by atoms with Gasteiger partial charge in [-0.3, -0.25) is 4.90 Å². The molecule has 3 rings (SSSR count). The van der Waals surface area contributed by atoms with E-state index in [1.165, 1.54) is 6.07 Å². The van der Waals surface area contributed by atoms with Crippen LogP contribution in [0.5, 0.6) is 0 Å². The van der Waals surface area contributed by atoms with Gasteiger partial charge in [-0.05, 0) is 31.0 Å². The molecule has 0 radical (unpaired) electrons. The van der Waals surface area contributed by atoms with Crippen molar-refractivity contribution in [3.63, 3.8) is 0 Å². The standard InChI is InChI=1S/C15H16F2N2O2/c1-9-11(6-18-21-9)7-19-8-12(20)5-15(19)10-2-3-13(16)14(17)4-10/h2-4,6,12,15,20H,5,7-8H2,1H3/t12-,15+/m0/s1. The van der Waals surface area contributed by atoms with Gasteiger partial charge >= 0.3 is 0 Å². The number of aliphatic hydroxyl groups excluding tert-OH is 1. The molecule has 4 nitrogen and oxygen atoms in total. The number of aromatic nitrogens is 1. The van der Waals surface area contributed by atoms with Crippen LogP contribution in [-0.4, -0.2) is 27.8 Å². The minimum absolute atomic E-state index is 0.149. The van der Waals surface area contributed by atoms with E-state index >= 15 is 0 Å². The highest BCUT2D eigenvalue weighted by atomic mass is 19.2. The van der Waals surface area contributed by atoms with Gasteiger partial charge in [0.1, 0.15) is 5.76 Å². The highest BCUT2D eigenvalue weighted by Gasteiger charge is 2.33. The lowest BCUT2D eigenvalue weighted by Gasteiger charge is -2.24. The number of nitrogens with zero attached hydrogens (tertiary/aromatic N) is 2. The quantitative estimate of drug-likeness (QED) is 0.945. The van der Waals surface area contributed by atoms with Crippen LogP contribution in [0, 0.1) is 18.6 Å². The van der Waals surface area contributed by atoms with Crippen molar-refractivity contribution in [3.05, 3.63) is 52.9 Å². The van der Waals surface area contributed by atoms with Crippen molar-refractivity contribution >= 4 is 0 Å². The predicted molar refractivity (Wildman–Crippen MR) is 71.4 cm³/mol. The van der Waals surface area contributed by atoms with E-state index in [0.29, 0.717) is 25.1 Å². The molecule has 112 valence electrons. The second-order valence-electron chi connectivity index (χ2n) is 5.42. The molecule has 0 unspecified atom stereocenters. The maximum absolute atomic E-state index is 13.4. The highest BCUT2D eigenvalue weighted by molar-refractivity contribution is 5.23. The molecule has 1 N–H and O–H groups in total. The topological polar surface area (TPSA) is 49.5 Å². The minimum Gasteiger partial charge on any atom is -0.392 e. The lowest BCUT2D eigenvalue weighted by molar-refractivity contribution is 0.172. The maximum Gasteiger partial charge on any atom is 0.159 e. The Kier molecular flexibility index (Phi) is 3.73. The molecule has 6 heteroatoms. The molecule has 0 bridgehead atoms. The molecule has 0 spiro atoms. The van der Waals surface area contributed by atoms with Crippen LogP contribution in [0.15, 0.2) is 28.9 Å². The van der Waals surface area contributed by atoms with Gasteiger partial charge in [0.15, 0.2) is 11.6 Å². The molecular weight excluding hydrogens is 278 g/mol. The van der Waals surface area contributed by atoms with Gasteiger partial charge in [0.25, 0.3) is 0 Å². The molecule has 1 aliphatic heterocycles. The summed E-state index contributed by atoms with van der Waals surface area (Å²) in [6.45, 7) is 2.85. The van der Waals surface area contributed by atoms with Gasteiger partial charge in [0, 0.05) is 24.7 Å². The van der Waals surface area contributed by atoms with Crippen LogP contribution in [0.2, 0.25) is 0 Å². The average Bonchev–Trinajstić information content (AvgIpc) is 3.00. The normalized spacial score (nSPS) is 22.9. The fourth-order valence-corrected chi connectivity index (χ4v) is 2.81. The number of likely N-dealkylation sites (tertiary alicyclic amines) is 1. The summed E-state index contributed by atoms with van der Waals surface area (Å²) in [5.74, 6) is -1.01. The monoisotopic (exact) mass is 294 g/mol. The lowest BCUT2D eigenvalue weighted by atomic mass is 10.0. The zero-order valence-electron chi connectivity index (χ0n) is 11.6. The Morgan fingerprint density at radius 3 is 2.86 bits per heavy atom. The fraction of sp³-hybridized carbons (Fsp3) is 0.400. The summed E-state index contributed by atoms with van der Waals surface area (Å²) < 4.78 is 31.5. The lowest BCUT2D eigenvalue weighted by Crippen LogP contribution is -2.24. The number of benzene rings is 1. The average molecular weight is 294 g/mol. The first kappa shape index (κ1) is 14.2. The third kappa shape index (κ3) is 2.82. The van der Waals surface area contributed by atoms with Crippen molar-refractivity contribution in [1.82, 2.24) is 10.1 Å². The third-order valence-electron chi connectivity index (χ3n) is 3.93. The Hall–Kier alpha value is -1.79. The summed E-state index contributed by atoms with van der Waals surface area (Å²) in [5.41, 5.74) is 1.59. The van der Waals surface area contributed by atoms with E-state index in [9.17, 15) is 13.9 Å². The first-order chi connectivity index (χ1) is 10.0. The number of hydrogen-bond acceptors (Lipinski definition) is 4.